The highest BCUT2D eigenvalue weighted by Gasteiger charge is 2.40. The van der Waals surface area contributed by atoms with Crippen molar-refractivity contribution in [2.45, 2.75) is 28.3 Å². The number of halogens is 2. The number of nitro benzene ring substituents is 1. The summed E-state index contributed by atoms with van der Waals surface area (Å²) in [6.45, 7) is 0.965. The van der Waals surface area contributed by atoms with E-state index >= 15 is 0 Å². The number of thioether (sulfide) groups is 1. The summed E-state index contributed by atoms with van der Waals surface area (Å²) >= 11 is 4.82. The minimum atomic E-state index is -4.28. The zero-order valence-corrected chi connectivity index (χ0v) is 23.1. The first-order valence-electron chi connectivity index (χ1n) is 10.3. The monoisotopic (exact) mass is 652 g/mol. The Balaban J connectivity index is 0.000000652. The van der Waals surface area contributed by atoms with Crippen LogP contribution >= 0.6 is 27.7 Å². The summed E-state index contributed by atoms with van der Waals surface area (Å²) in [5.74, 6) is -1.42. The third kappa shape index (κ3) is 9.09. The van der Waals surface area contributed by atoms with Gasteiger partial charge in [0.2, 0.25) is 0 Å². The van der Waals surface area contributed by atoms with E-state index in [-0.39, 0.29) is 22.2 Å². The number of rotatable bonds is 7. The van der Waals surface area contributed by atoms with Crippen molar-refractivity contribution in [1.29, 1.82) is 0 Å². The Morgan fingerprint density at radius 2 is 1.97 bits per heavy atom. The summed E-state index contributed by atoms with van der Waals surface area (Å²) in [6.07, 6.45) is -1.38. The molecule has 1 aliphatic rings. The number of carboxylic acids is 1. The van der Waals surface area contributed by atoms with Gasteiger partial charge in [-0.3, -0.25) is 19.8 Å². The maximum absolute atomic E-state index is 14.6. The van der Waals surface area contributed by atoms with Crippen LogP contribution < -0.4 is 10.5 Å². The van der Waals surface area contributed by atoms with Crippen molar-refractivity contribution < 1.29 is 47.4 Å². The number of hydrogen-bond acceptors (Lipinski definition) is 12. The van der Waals surface area contributed by atoms with Gasteiger partial charge in [-0.05, 0) is 31.2 Å². The van der Waals surface area contributed by atoms with Crippen molar-refractivity contribution in [2.75, 3.05) is 17.1 Å². The van der Waals surface area contributed by atoms with Crippen LogP contribution in [0.15, 0.2) is 52.4 Å². The fraction of sp³-hybridized carbons (Fsp3) is 0.286. The zero-order chi connectivity index (χ0) is 30.0. The Hall–Kier alpha value is -3.41. The van der Waals surface area contributed by atoms with Gasteiger partial charge in [0.25, 0.3) is 15.7 Å². The Bertz CT molecular complexity index is 1370. The lowest BCUT2D eigenvalue weighted by Gasteiger charge is -2.35. The number of hydrogen-bond donors (Lipinski definition) is 5. The van der Waals surface area contributed by atoms with Gasteiger partial charge in [-0.1, -0.05) is 39.8 Å². The lowest BCUT2D eigenvalue weighted by Crippen LogP contribution is -2.39. The van der Waals surface area contributed by atoms with Crippen LogP contribution in [0, 0.1) is 15.9 Å². The number of sulfonamides is 1. The SMILES string of the molecule is C[C@]1(c2cc(NS(=O)(=O)c3ccccc3[N+](=O)[O-])ccc2F)N=C(N)SC[C@@H]1Br.O=C(O)[C@H](O)CO.O=C=O. The van der Waals surface area contributed by atoms with Crippen LogP contribution in [0.3, 0.4) is 0 Å². The largest absolute Gasteiger partial charge is 0.479 e. The van der Waals surface area contributed by atoms with Gasteiger partial charge in [-0.25, -0.2) is 17.6 Å². The lowest BCUT2D eigenvalue weighted by molar-refractivity contribution is -0.387. The topological polar surface area (TPSA) is 240 Å². The standard InChI is InChI=1S/C17H16BrFN4O4S2.C3H6O4.CO2/c1-17(15(18)9-28-16(20)21-17)11-8-10(6-7-12(11)19)22-29(26,27)14-5-3-2-4-13(14)23(24)25;4-1-2(5)3(6)7;2-1-3/h2-8,15,22H,9H2,1H3,(H2,20,21);2,4-5H,1H2,(H,6,7);/t15-,17+;2-;/m01./s1. The Morgan fingerprint density at radius 3 is 2.49 bits per heavy atom. The molecule has 0 fully saturated rings. The second kappa shape index (κ2) is 14.7. The van der Waals surface area contributed by atoms with Crippen LogP contribution in [0.25, 0.3) is 0 Å². The smallest absolute Gasteiger partial charge is 0.373 e. The van der Waals surface area contributed by atoms with Crippen LogP contribution in [0.5, 0.6) is 0 Å². The van der Waals surface area contributed by atoms with E-state index in [9.17, 15) is 27.7 Å². The molecule has 0 spiro atoms. The van der Waals surface area contributed by atoms with Gasteiger partial charge in [-0.15, -0.1) is 0 Å². The Labute approximate surface area is 233 Å². The number of aliphatic hydroxyl groups is 2. The van der Waals surface area contributed by atoms with Gasteiger partial charge in [0.1, 0.15) is 11.4 Å². The third-order valence-electron chi connectivity index (χ3n) is 4.90. The predicted molar refractivity (Wildman–Crippen MR) is 140 cm³/mol. The first kappa shape index (κ1) is 33.6. The minimum absolute atomic E-state index is 0.0486. The van der Waals surface area contributed by atoms with Crippen LogP contribution in [0.4, 0.5) is 15.8 Å². The van der Waals surface area contributed by atoms with E-state index in [1.807, 2.05) is 0 Å². The van der Waals surface area contributed by atoms with Gasteiger partial charge in [0.05, 0.1) is 16.4 Å². The van der Waals surface area contributed by atoms with E-state index in [4.69, 9.17) is 30.6 Å². The van der Waals surface area contributed by atoms with Crippen molar-refractivity contribution in [3.8, 4) is 0 Å². The number of aliphatic imine (C=N–C) groups is 1. The average Bonchev–Trinajstić information content (AvgIpc) is 2.87. The quantitative estimate of drug-likeness (QED) is 0.162. The molecule has 0 bridgehead atoms. The predicted octanol–water partition coefficient (Wildman–Crippen LogP) is 1.42. The number of alkyl halides is 1. The van der Waals surface area contributed by atoms with Crippen LogP contribution in [0.2, 0.25) is 0 Å². The molecule has 0 aromatic heterocycles. The fourth-order valence-electron chi connectivity index (χ4n) is 2.98. The van der Waals surface area contributed by atoms with E-state index in [1.54, 1.807) is 6.92 Å². The molecule has 18 heteroatoms. The number of anilines is 1. The average molecular weight is 653 g/mol. The number of carbonyl (C=O) groups excluding carboxylic acids is 2. The van der Waals surface area contributed by atoms with Gasteiger partial charge < -0.3 is 21.1 Å². The maximum Gasteiger partial charge on any atom is 0.373 e. The minimum Gasteiger partial charge on any atom is -0.479 e. The summed E-state index contributed by atoms with van der Waals surface area (Å²) < 4.78 is 42.4. The number of nitrogens with zero attached hydrogens (tertiary/aromatic N) is 2. The number of nitrogens with two attached hydrogens (primary N) is 1. The molecular formula is C21H22BrFN4O10S2. The molecule has 2 aromatic carbocycles. The summed E-state index contributed by atoms with van der Waals surface area (Å²) in [4.78, 5) is 39.8. The highest BCUT2D eigenvalue weighted by molar-refractivity contribution is 9.09. The van der Waals surface area contributed by atoms with Crippen LogP contribution in [-0.4, -0.2) is 69.2 Å². The molecule has 0 saturated carbocycles. The van der Waals surface area contributed by atoms with Crippen molar-refractivity contribution in [3.63, 3.8) is 0 Å². The molecule has 3 rings (SSSR count). The van der Waals surface area contributed by atoms with Crippen LogP contribution in [-0.2, 0) is 29.9 Å². The molecule has 6 N–H and O–H groups in total. The molecule has 1 aliphatic heterocycles. The Kier molecular flexibility index (Phi) is 12.6. The first-order chi connectivity index (χ1) is 18.1. The number of nitrogens with one attached hydrogen (secondary N) is 1. The Morgan fingerprint density at radius 1 is 1.38 bits per heavy atom. The molecule has 0 aliphatic carbocycles. The number of nitro groups is 1. The van der Waals surface area contributed by atoms with E-state index < -0.39 is 55.6 Å². The highest BCUT2D eigenvalue weighted by atomic mass is 79.9. The molecular weight excluding hydrogens is 631 g/mol. The van der Waals surface area contributed by atoms with Gasteiger partial charge in [-0.2, -0.15) is 9.59 Å². The number of amidine groups is 1. The fourth-order valence-corrected chi connectivity index (χ4v) is 5.85. The molecule has 0 saturated heterocycles. The third-order valence-corrected chi connectivity index (χ3v) is 8.86. The molecule has 1 heterocycles. The second-order valence-electron chi connectivity index (χ2n) is 7.52. The summed E-state index contributed by atoms with van der Waals surface area (Å²) in [6, 6.07) is 8.65. The number of para-hydroxylation sites is 1. The highest BCUT2D eigenvalue weighted by Crippen LogP contribution is 2.41. The molecule has 39 heavy (non-hydrogen) atoms. The molecule has 212 valence electrons. The molecule has 0 radical (unpaired) electrons. The van der Waals surface area contributed by atoms with Crippen molar-refractivity contribution >= 4 is 66.4 Å². The van der Waals surface area contributed by atoms with Crippen LogP contribution in [0.1, 0.15) is 12.5 Å². The van der Waals surface area contributed by atoms with E-state index in [0.717, 1.165) is 18.2 Å². The molecule has 2 aromatic rings. The first-order valence-corrected chi connectivity index (χ1v) is 13.7. The molecule has 14 nitrogen and oxygen atoms in total. The second-order valence-corrected chi connectivity index (χ2v) is 11.3. The summed E-state index contributed by atoms with van der Waals surface area (Å²) in [5, 5.41) is 35.2. The van der Waals surface area contributed by atoms with E-state index in [0.29, 0.717) is 10.9 Å². The molecule has 0 unspecified atom stereocenters. The molecule has 0 amide bonds. The normalized spacial score (nSPS) is 19.0. The summed E-state index contributed by atoms with van der Waals surface area (Å²) in [7, 11) is -4.28. The van der Waals surface area contributed by atoms with Crippen molar-refractivity contribution in [2.24, 2.45) is 10.7 Å². The number of aliphatic carboxylic acids is 1. The summed E-state index contributed by atoms with van der Waals surface area (Å²) in [5.41, 5.74) is 4.39. The van der Waals surface area contributed by atoms with Gasteiger partial charge >= 0.3 is 12.1 Å². The van der Waals surface area contributed by atoms with Crippen molar-refractivity contribution in [1.82, 2.24) is 0 Å². The maximum atomic E-state index is 14.6. The zero-order valence-electron chi connectivity index (χ0n) is 19.9. The molecule has 3 atom stereocenters. The van der Waals surface area contributed by atoms with E-state index in [1.165, 1.54) is 36.0 Å². The van der Waals surface area contributed by atoms with E-state index in [2.05, 4.69) is 25.6 Å². The number of aliphatic hydroxyl groups excluding tert-OH is 2. The number of carboxylic acid groups (broad SMARTS) is 1. The lowest BCUT2D eigenvalue weighted by atomic mass is 9.89. The van der Waals surface area contributed by atoms with Crippen molar-refractivity contribution in [3.05, 3.63) is 64.0 Å². The van der Waals surface area contributed by atoms with Gasteiger partial charge in [0, 0.05) is 23.1 Å². The van der Waals surface area contributed by atoms with Gasteiger partial charge in [0.15, 0.2) is 16.2 Å². The number of carbonyl (C=O) groups is 1. The number of benzene rings is 2.